The van der Waals surface area contributed by atoms with Crippen LogP contribution in [-0.2, 0) is 6.18 Å². The number of carbonyl (C=O) groups excluding carboxylic acids is 1. The number of alkyl halides is 3. The Kier molecular flexibility index (Phi) is 6.26. The number of H-pyrrole nitrogens is 1. The lowest BCUT2D eigenvalue weighted by molar-refractivity contribution is -0.140. The van der Waals surface area contributed by atoms with Crippen molar-refractivity contribution in [1.82, 2.24) is 20.3 Å². The Morgan fingerprint density at radius 1 is 1.20 bits per heavy atom. The molecular formula is C22H16F3N5O4S. The van der Waals surface area contributed by atoms with E-state index < -0.39 is 34.9 Å². The number of aromatic nitrogens is 3. The molecule has 0 saturated carbocycles. The highest BCUT2D eigenvalue weighted by atomic mass is 32.1. The van der Waals surface area contributed by atoms with Crippen molar-refractivity contribution in [2.45, 2.75) is 13.1 Å². The number of pyridine rings is 2. The van der Waals surface area contributed by atoms with Crippen molar-refractivity contribution in [1.29, 1.82) is 0 Å². The van der Waals surface area contributed by atoms with Gasteiger partial charge in [0.2, 0.25) is 5.43 Å². The lowest BCUT2D eigenvalue weighted by atomic mass is 9.99. The number of hydrogen-bond acceptors (Lipinski definition) is 6. The molecule has 0 saturated heterocycles. The molecule has 9 nitrogen and oxygen atoms in total. The zero-order valence-electron chi connectivity index (χ0n) is 17.9. The van der Waals surface area contributed by atoms with Crippen LogP contribution in [0.15, 0.2) is 46.8 Å². The fourth-order valence-corrected chi connectivity index (χ4v) is 4.18. The first-order valence-electron chi connectivity index (χ1n) is 10.1. The second-order valence-corrected chi connectivity index (χ2v) is 8.09. The van der Waals surface area contributed by atoms with Crippen molar-refractivity contribution in [2.24, 2.45) is 0 Å². The lowest BCUT2D eigenvalue weighted by Crippen LogP contribution is -2.28. The van der Waals surface area contributed by atoms with Gasteiger partial charge in [0.15, 0.2) is 5.69 Å². The number of carboxylic acid groups (broad SMARTS) is 1. The number of benzene rings is 1. The molecule has 2 amide bonds. The number of carboxylic acids is 1. The summed E-state index contributed by atoms with van der Waals surface area (Å²) >= 11 is 0.756. The van der Waals surface area contributed by atoms with E-state index in [4.69, 9.17) is 0 Å². The first kappa shape index (κ1) is 23.9. The van der Waals surface area contributed by atoms with Crippen molar-refractivity contribution in [2.75, 3.05) is 11.9 Å². The van der Waals surface area contributed by atoms with E-state index in [0.717, 1.165) is 22.9 Å². The summed E-state index contributed by atoms with van der Waals surface area (Å²) in [5.74, 6) is -1.32. The van der Waals surface area contributed by atoms with E-state index in [9.17, 15) is 32.7 Å². The van der Waals surface area contributed by atoms with Gasteiger partial charge in [0, 0.05) is 46.3 Å². The minimum atomic E-state index is -4.65. The van der Waals surface area contributed by atoms with Crippen LogP contribution in [0.2, 0.25) is 0 Å². The van der Waals surface area contributed by atoms with E-state index in [1.165, 1.54) is 18.3 Å². The van der Waals surface area contributed by atoms with E-state index in [0.29, 0.717) is 23.2 Å². The maximum absolute atomic E-state index is 13.2. The number of carbonyl (C=O) groups is 2. The average Bonchev–Trinajstić information content (AvgIpc) is 3.30. The van der Waals surface area contributed by atoms with E-state index in [2.05, 4.69) is 25.6 Å². The largest absolute Gasteiger partial charge is 0.477 e. The molecule has 0 spiro atoms. The van der Waals surface area contributed by atoms with Crippen LogP contribution in [0.3, 0.4) is 0 Å². The van der Waals surface area contributed by atoms with Crippen LogP contribution in [0.25, 0.3) is 32.6 Å². The molecule has 0 fully saturated rings. The monoisotopic (exact) mass is 503 g/mol. The Morgan fingerprint density at radius 3 is 2.63 bits per heavy atom. The van der Waals surface area contributed by atoms with Gasteiger partial charge in [-0.1, -0.05) is 6.07 Å². The molecule has 0 aliphatic carbocycles. The normalized spacial score (nSPS) is 11.4. The molecule has 35 heavy (non-hydrogen) atoms. The van der Waals surface area contributed by atoms with Crippen molar-refractivity contribution >= 4 is 40.1 Å². The quantitative estimate of drug-likeness (QED) is 0.315. The van der Waals surface area contributed by atoms with Gasteiger partial charge in [-0.15, -0.1) is 11.3 Å². The second kappa shape index (κ2) is 9.18. The summed E-state index contributed by atoms with van der Waals surface area (Å²) in [6, 6.07) is 5.41. The molecule has 4 aromatic rings. The molecule has 4 N–H and O–H groups in total. The zero-order valence-corrected chi connectivity index (χ0v) is 18.7. The van der Waals surface area contributed by atoms with Crippen LogP contribution in [0, 0.1) is 0 Å². The van der Waals surface area contributed by atoms with Crippen LogP contribution in [0.4, 0.5) is 23.8 Å². The Bertz CT molecular complexity index is 1510. The summed E-state index contributed by atoms with van der Waals surface area (Å²) in [6.45, 7) is 2.06. The van der Waals surface area contributed by atoms with Gasteiger partial charge in [-0.25, -0.2) is 19.6 Å². The summed E-state index contributed by atoms with van der Waals surface area (Å²) in [5, 5.41) is 15.2. The van der Waals surface area contributed by atoms with Gasteiger partial charge >= 0.3 is 18.2 Å². The number of aromatic carboxylic acids is 1. The molecule has 0 aliphatic rings. The van der Waals surface area contributed by atoms with Crippen molar-refractivity contribution in [3.8, 4) is 21.7 Å². The van der Waals surface area contributed by atoms with E-state index in [-0.39, 0.29) is 21.8 Å². The summed E-state index contributed by atoms with van der Waals surface area (Å²) in [7, 11) is 0. The number of nitrogens with one attached hydrogen (secondary N) is 3. The average molecular weight is 503 g/mol. The topological polar surface area (TPSA) is 137 Å². The van der Waals surface area contributed by atoms with Crippen LogP contribution < -0.4 is 16.1 Å². The van der Waals surface area contributed by atoms with Gasteiger partial charge < -0.3 is 15.4 Å². The molecule has 0 aliphatic heterocycles. The van der Waals surface area contributed by atoms with E-state index >= 15 is 0 Å². The lowest BCUT2D eigenvalue weighted by Gasteiger charge is -2.12. The molecule has 0 radical (unpaired) electrons. The summed E-state index contributed by atoms with van der Waals surface area (Å²) < 4.78 is 39.5. The standard InChI is InChI=1S/C22H16F3N5O4S/c1-2-26-21(34)30-17-6-11(19-29-16(9-35-19)22(23,24)25)13(7-28-17)10-3-4-15-12(5-10)18(31)14(8-27-15)20(32)33/h3-9H,2H2,1H3,(H,27,31)(H,32,33)(H2,26,28,30,34). The Hall–Kier alpha value is -4.26. The van der Waals surface area contributed by atoms with Crippen molar-refractivity contribution < 1.29 is 27.9 Å². The maximum atomic E-state index is 13.2. The first-order valence-corrected chi connectivity index (χ1v) is 10.9. The van der Waals surface area contributed by atoms with Crippen LogP contribution in [0.5, 0.6) is 0 Å². The number of rotatable bonds is 5. The fraction of sp³-hybridized carbons (Fsp3) is 0.136. The predicted molar refractivity (Wildman–Crippen MR) is 124 cm³/mol. The first-order chi connectivity index (χ1) is 16.6. The summed E-state index contributed by atoms with van der Waals surface area (Å²) in [6.07, 6.45) is -2.22. The number of thiazole rings is 1. The highest BCUT2D eigenvalue weighted by Crippen LogP contribution is 2.38. The molecule has 3 heterocycles. The molecule has 13 heteroatoms. The highest BCUT2D eigenvalue weighted by molar-refractivity contribution is 7.13. The number of aromatic amines is 1. The molecule has 1 aromatic carbocycles. The third-order valence-electron chi connectivity index (χ3n) is 4.93. The predicted octanol–water partition coefficient (Wildman–Crippen LogP) is 4.57. The van der Waals surface area contributed by atoms with Crippen molar-refractivity contribution in [3.05, 3.63) is 63.5 Å². The van der Waals surface area contributed by atoms with E-state index in [1.807, 2.05) is 0 Å². The highest BCUT2D eigenvalue weighted by Gasteiger charge is 2.34. The minimum Gasteiger partial charge on any atom is -0.477 e. The molecular weight excluding hydrogens is 487 g/mol. The summed E-state index contributed by atoms with van der Waals surface area (Å²) in [4.78, 5) is 46.5. The van der Waals surface area contributed by atoms with E-state index in [1.54, 1.807) is 19.1 Å². The molecule has 3 aromatic heterocycles. The Morgan fingerprint density at radius 2 is 1.97 bits per heavy atom. The third kappa shape index (κ3) is 4.84. The van der Waals surface area contributed by atoms with Gasteiger partial charge in [0.1, 0.15) is 16.4 Å². The van der Waals surface area contributed by atoms with Gasteiger partial charge in [0.05, 0.1) is 0 Å². The minimum absolute atomic E-state index is 0.0157. The summed E-state index contributed by atoms with van der Waals surface area (Å²) in [5.41, 5.74) is -0.911. The number of halogens is 3. The molecule has 0 atom stereocenters. The van der Waals surface area contributed by atoms with Gasteiger partial charge in [-0.05, 0) is 30.7 Å². The van der Waals surface area contributed by atoms with Gasteiger partial charge in [-0.3, -0.25) is 10.1 Å². The number of amides is 2. The maximum Gasteiger partial charge on any atom is 0.434 e. The number of fused-ring (bicyclic) bond motifs is 1. The second-order valence-electron chi connectivity index (χ2n) is 7.23. The number of hydrogen-bond donors (Lipinski definition) is 4. The third-order valence-corrected chi connectivity index (χ3v) is 5.81. The SMILES string of the molecule is CCNC(=O)Nc1cc(-c2nc(C(F)(F)F)cs2)c(-c2ccc3[nH]cc(C(=O)O)c(=O)c3c2)cn1. The molecule has 0 bridgehead atoms. The molecule has 0 unspecified atom stereocenters. The smallest absolute Gasteiger partial charge is 0.434 e. The fourth-order valence-electron chi connectivity index (χ4n) is 3.32. The van der Waals surface area contributed by atoms with Crippen LogP contribution in [0.1, 0.15) is 23.0 Å². The van der Waals surface area contributed by atoms with Gasteiger partial charge in [-0.2, -0.15) is 13.2 Å². The van der Waals surface area contributed by atoms with Crippen LogP contribution >= 0.6 is 11.3 Å². The number of urea groups is 1. The zero-order chi connectivity index (χ0) is 25.3. The van der Waals surface area contributed by atoms with Gasteiger partial charge in [0.25, 0.3) is 0 Å². The number of nitrogens with zero attached hydrogens (tertiary/aromatic N) is 2. The molecule has 180 valence electrons. The number of anilines is 1. The van der Waals surface area contributed by atoms with Crippen LogP contribution in [-0.4, -0.2) is 38.6 Å². The molecule has 4 rings (SSSR count). The Labute approximate surface area is 198 Å². The Balaban J connectivity index is 1.89. The van der Waals surface area contributed by atoms with Crippen molar-refractivity contribution in [3.63, 3.8) is 0 Å².